The summed E-state index contributed by atoms with van der Waals surface area (Å²) in [7, 11) is 1.90. The van der Waals surface area contributed by atoms with Crippen molar-refractivity contribution in [2.75, 3.05) is 6.54 Å². The number of aryl methyl sites for hydroxylation is 2. The monoisotopic (exact) mass is 260 g/mol. The van der Waals surface area contributed by atoms with E-state index in [1.807, 2.05) is 24.7 Å². The minimum atomic E-state index is -0.0982. The molecule has 0 spiro atoms. The van der Waals surface area contributed by atoms with Gasteiger partial charge >= 0.3 is 0 Å². The third kappa shape index (κ3) is 2.39. The number of hydrogen-bond acceptors (Lipinski definition) is 1. The van der Waals surface area contributed by atoms with E-state index in [1.54, 1.807) is 6.07 Å². The first kappa shape index (κ1) is 12.7. The lowest BCUT2D eigenvalue weighted by atomic mass is 9.96. The van der Waals surface area contributed by atoms with E-state index in [2.05, 4.69) is 11.4 Å². The Hall–Kier alpha value is -1.35. The van der Waals surface area contributed by atoms with Gasteiger partial charge in [0, 0.05) is 24.7 Å². The molecule has 0 bridgehead atoms. The van der Waals surface area contributed by atoms with Crippen molar-refractivity contribution in [3.8, 4) is 0 Å². The number of nitrogens with zero attached hydrogens (tertiary/aromatic N) is 1. The predicted molar refractivity (Wildman–Crippen MR) is 77.0 cm³/mol. The Morgan fingerprint density at radius 2 is 2.21 bits per heavy atom. The van der Waals surface area contributed by atoms with E-state index >= 15 is 0 Å². The van der Waals surface area contributed by atoms with Crippen LogP contribution in [0.25, 0.3) is 10.9 Å². The van der Waals surface area contributed by atoms with Crippen LogP contribution >= 0.6 is 0 Å². The van der Waals surface area contributed by atoms with Crippen LogP contribution in [0.1, 0.15) is 30.4 Å². The van der Waals surface area contributed by atoms with Gasteiger partial charge in [0.2, 0.25) is 0 Å². The van der Waals surface area contributed by atoms with Crippen LogP contribution < -0.4 is 5.32 Å². The first-order valence-electron chi connectivity index (χ1n) is 7.12. The van der Waals surface area contributed by atoms with Crippen LogP contribution in [0.3, 0.4) is 0 Å². The molecule has 0 radical (unpaired) electrons. The van der Waals surface area contributed by atoms with E-state index in [4.69, 9.17) is 0 Å². The lowest BCUT2D eigenvalue weighted by Crippen LogP contribution is -2.35. The van der Waals surface area contributed by atoms with Crippen molar-refractivity contribution in [1.82, 2.24) is 9.88 Å². The minimum Gasteiger partial charge on any atom is -0.348 e. The first-order chi connectivity index (χ1) is 9.15. The van der Waals surface area contributed by atoms with Gasteiger partial charge in [-0.15, -0.1) is 0 Å². The lowest BCUT2D eigenvalue weighted by Gasteiger charge is -2.23. The lowest BCUT2D eigenvalue weighted by molar-refractivity contribution is 0.399. The van der Waals surface area contributed by atoms with Crippen molar-refractivity contribution in [2.24, 2.45) is 7.05 Å². The Morgan fingerprint density at radius 1 is 1.37 bits per heavy atom. The molecule has 0 amide bonds. The molecule has 1 fully saturated rings. The molecule has 1 aliphatic rings. The van der Waals surface area contributed by atoms with Gasteiger partial charge in [-0.05, 0) is 56.0 Å². The highest BCUT2D eigenvalue weighted by Gasteiger charge is 2.15. The molecule has 102 valence electrons. The highest BCUT2D eigenvalue weighted by Crippen LogP contribution is 2.25. The number of benzene rings is 1. The first-order valence-corrected chi connectivity index (χ1v) is 7.12. The maximum Gasteiger partial charge on any atom is 0.147 e. The molecule has 1 unspecified atom stereocenters. The average molecular weight is 260 g/mol. The second-order valence-corrected chi connectivity index (χ2v) is 5.75. The predicted octanol–water partition coefficient (Wildman–Crippen LogP) is 3.31. The summed E-state index contributed by atoms with van der Waals surface area (Å²) in [5, 5.41) is 4.58. The molecule has 2 nitrogen and oxygen atoms in total. The minimum absolute atomic E-state index is 0.0982. The second-order valence-electron chi connectivity index (χ2n) is 5.75. The Morgan fingerprint density at radius 3 is 2.95 bits per heavy atom. The molecule has 2 heterocycles. The molecule has 3 rings (SSSR count). The summed E-state index contributed by atoms with van der Waals surface area (Å²) in [4.78, 5) is 0. The Bertz CT molecular complexity index is 594. The highest BCUT2D eigenvalue weighted by molar-refractivity contribution is 5.85. The zero-order valence-electron chi connectivity index (χ0n) is 11.7. The fourth-order valence-electron chi connectivity index (χ4n) is 3.24. The molecule has 1 aromatic heterocycles. The molecule has 1 atom stereocenters. The van der Waals surface area contributed by atoms with E-state index in [1.165, 1.54) is 19.3 Å². The van der Waals surface area contributed by atoms with Crippen molar-refractivity contribution < 1.29 is 4.39 Å². The Labute approximate surface area is 113 Å². The van der Waals surface area contributed by atoms with Crippen LogP contribution in [-0.4, -0.2) is 17.2 Å². The number of piperidine rings is 1. The number of aromatic nitrogens is 1. The van der Waals surface area contributed by atoms with Crippen LogP contribution in [-0.2, 0) is 13.5 Å². The molecule has 1 aliphatic heterocycles. The normalized spacial score (nSPS) is 20.1. The van der Waals surface area contributed by atoms with E-state index in [0.29, 0.717) is 6.04 Å². The van der Waals surface area contributed by atoms with Gasteiger partial charge in [0.1, 0.15) is 5.82 Å². The van der Waals surface area contributed by atoms with Gasteiger partial charge in [-0.25, -0.2) is 4.39 Å². The van der Waals surface area contributed by atoms with Gasteiger partial charge in [-0.3, -0.25) is 0 Å². The van der Waals surface area contributed by atoms with Crippen LogP contribution in [0.2, 0.25) is 0 Å². The number of fused-ring (bicyclic) bond motifs is 1. The summed E-state index contributed by atoms with van der Waals surface area (Å²) in [6.45, 7) is 3.14. The topological polar surface area (TPSA) is 17.0 Å². The van der Waals surface area contributed by atoms with Crippen molar-refractivity contribution in [3.05, 3.63) is 35.3 Å². The maximum absolute atomic E-state index is 14.2. The fourth-order valence-corrected chi connectivity index (χ4v) is 3.24. The van der Waals surface area contributed by atoms with Crippen LogP contribution in [0.5, 0.6) is 0 Å². The van der Waals surface area contributed by atoms with Crippen molar-refractivity contribution in [2.45, 2.75) is 38.6 Å². The van der Waals surface area contributed by atoms with Crippen LogP contribution in [0.4, 0.5) is 4.39 Å². The molecule has 0 aliphatic carbocycles. The van der Waals surface area contributed by atoms with E-state index in [-0.39, 0.29) is 5.82 Å². The van der Waals surface area contributed by atoms with Gasteiger partial charge < -0.3 is 9.88 Å². The third-order valence-corrected chi connectivity index (χ3v) is 4.18. The number of halogens is 1. The van der Waals surface area contributed by atoms with Crippen molar-refractivity contribution >= 4 is 10.9 Å². The summed E-state index contributed by atoms with van der Waals surface area (Å²) < 4.78 is 16.1. The number of nitrogens with one attached hydrogen (secondary N) is 1. The van der Waals surface area contributed by atoms with Gasteiger partial charge in [0.05, 0.1) is 5.52 Å². The summed E-state index contributed by atoms with van der Waals surface area (Å²) >= 11 is 0. The molecule has 1 saturated heterocycles. The largest absolute Gasteiger partial charge is 0.348 e. The van der Waals surface area contributed by atoms with Crippen LogP contribution in [0, 0.1) is 12.7 Å². The number of hydrogen-bond donors (Lipinski definition) is 1. The van der Waals surface area contributed by atoms with Gasteiger partial charge in [-0.2, -0.15) is 0 Å². The van der Waals surface area contributed by atoms with Gasteiger partial charge in [-0.1, -0.05) is 6.42 Å². The summed E-state index contributed by atoms with van der Waals surface area (Å²) in [5.74, 6) is -0.0982. The van der Waals surface area contributed by atoms with Gasteiger partial charge in [0.25, 0.3) is 0 Å². The maximum atomic E-state index is 14.2. The van der Waals surface area contributed by atoms with Gasteiger partial charge in [0.15, 0.2) is 0 Å². The molecule has 19 heavy (non-hydrogen) atoms. The Kier molecular flexibility index (Phi) is 3.31. The molecule has 2 aromatic rings. The average Bonchev–Trinajstić information content (AvgIpc) is 2.66. The molecular formula is C16H21FN2. The SMILES string of the molecule is Cc1cn(C)c2c(F)cc(CC3CCCCN3)cc12. The zero-order valence-corrected chi connectivity index (χ0v) is 11.7. The molecule has 1 aromatic carbocycles. The zero-order chi connectivity index (χ0) is 13.4. The van der Waals surface area contributed by atoms with Crippen molar-refractivity contribution in [1.29, 1.82) is 0 Å². The molecular weight excluding hydrogens is 239 g/mol. The smallest absolute Gasteiger partial charge is 0.147 e. The standard InChI is InChI=1S/C16H21FN2/c1-11-10-19(2)16-14(11)8-12(9-15(16)17)7-13-5-3-4-6-18-13/h8-10,13,18H,3-7H2,1-2H3. The Balaban J connectivity index is 1.94. The molecule has 0 saturated carbocycles. The van der Waals surface area contributed by atoms with E-state index < -0.39 is 0 Å². The highest BCUT2D eigenvalue weighted by atomic mass is 19.1. The van der Waals surface area contributed by atoms with E-state index in [0.717, 1.165) is 35.0 Å². The molecule has 1 N–H and O–H groups in total. The molecule has 3 heteroatoms. The second kappa shape index (κ2) is 4.97. The van der Waals surface area contributed by atoms with Crippen LogP contribution in [0.15, 0.2) is 18.3 Å². The summed E-state index contributed by atoms with van der Waals surface area (Å²) in [6, 6.07) is 4.37. The quantitative estimate of drug-likeness (QED) is 0.876. The fraction of sp³-hybridized carbons (Fsp3) is 0.500. The number of rotatable bonds is 2. The summed E-state index contributed by atoms with van der Waals surface area (Å²) in [6.07, 6.45) is 6.68. The van der Waals surface area contributed by atoms with E-state index in [9.17, 15) is 4.39 Å². The third-order valence-electron chi connectivity index (χ3n) is 4.18. The van der Waals surface area contributed by atoms with Crippen molar-refractivity contribution in [3.63, 3.8) is 0 Å². The summed E-state index contributed by atoms with van der Waals surface area (Å²) in [5.41, 5.74) is 2.98.